The van der Waals surface area contributed by atoms with Gasteiger partial charge in [0.1, 0.15) is 12.1 Å². The monoisotopic (exact) mass is 424 g/mol. The Hall–Kier alpha value is -3.88. The molecule has 0 aromatic heterocycles. The maximum absolute atomic E-state index is 12.9. The number of aliphatic imine (C=N–C) groups is 1. The van der Waals surface area contributed by atoms with E-state index in [0.29, 0.717) is 18.5 Å². The number of nitrogens with two attached hydrogens (primary N) is 3. The van der Waals surface area contributed by atoms with E-state index < -0.39 is 29.8 Å². The third-order valence-electron chi connectivity index (χ3n) is 4.55. The molecule has 8 N–H and O–H groups in total. The zero-order valence-electron chi connectivity index (χ0n) is 17.2. The zero-order chi connectivity index (χ0) is 22.6. The van der Waals surface area contributed by atoms with Crippen LogP contribution < -0.4 is 27.8 Å². The van der Waals surface area contributed by atoms with E-state index in [1.54, 1.807) is 30.3 Å². The number of rotatable bonds is 11. The van der Waals surface area contributed by atoms with Gasteiger partial charge in [0.15, 0.2) is 5.96 Å². The highest BCUT2D eigenvalue weighted by Gasteiger charge is 2.26. The van der Waals surface area contributed by atoms with Gasteiger partial charge in [0.2, 0.25) is 11.8 Å². The second kappa shape index (κ2) is 12.0. The summed E-state index contributed by atoms with van der Waals surface area (Å²) in [6.07, 6.45) is 0.970. The molecule has 0 spiro atoms. The molecule has 0 saturated heterocycles. The first-order chi connectivity index (χ1) is 14.9. The van der Waals surface area contributed by atoms with Gasteiger partial charge in [0.05, 0.1) is 0 Å². The van der Waals surface area contributed by atoms with Crippen molar-refractivity contribution < 1.29 is 14.4 Å². The predicted molar refractivity (Wildman–Crippen MR) is 119 cm³/mol. The molecule has 0 heterocycles. The number of nitrogens with zero attached hydrogens (tertiary/aromatic N) is 1. The van der Waals surface area contributed by atoms with Crippen LogP contribution in [0.4, 0.5) is 0 Å². The highest BCUT2D eigenvalue weighted by molar-refractivity contribution is 5.98. The molecule has 0 aliphatic heterocycles. The third kappa shape index (κ3) is 8.17. The molecule has 2 atom stereocenters. The van der Waals surface area contributed by atoms with E-state index in [2.05, 4.69) is 15.6 Å². The zero-order valence-corrected chi connectivity index (χ0v) is 17.2. The Labute approximate surface area is 181 Å². The highest BCUT2D eigenvalue weighted by Crippen LogP contribution is 2.07. The molecule has 2 aromatic carbocycles. The quantitative estimate of drug-likeness (QED) is 0.195. The van der Waals surface area contributed by atoms with Crippen LogP contribution in [0.15, 0.2) is 65.7 Å². The van der Waals surface area contributed by atoms with Crippen LogP contribution in [0.1, 0.15) is 28.8 Å². The van der Waals surface area contributed by atoms with Crippen molar-refractivity contribution in [3.63, 3.8) is 0 Å². The van der Waals surface area contributed by atoms with Crippen LogP contribution in [0.25, 0.3) is 0 Å². The molecule has 0 aliphatic carbocycles. The summed E-state index contributed by atoms with van der Waals surface area (Å²) < 4.78 is 0. The van der Waals surface area contributed by atoms with E-state index in [9.17, 15) is 14.4 Å². The normalized spacial score (nSPS) is 12.3. The summed E-state index contributed by atoms with van der Waals surface area (Å²) in [6.45, 7) is 0.302. The lowest BCUT2D eigenvalue weighted by molar-refractivity contribution is -0.128. The Bertz CT molecular complexity index is 898. The molecule has 3 amide bonds. The van der Waals surface area contributed by atoms with Crippen molar-refractivity contribution in [1.82, 2.24) is 10.6 Å². The number of guanidine groups is 1. The van der Waals surface area contributed by atoms with Crippen LogP contribution in [0.3, 0.4) is 0 Å². The standard InChI is InChI=1S/C22H28N6O3/c23-19(29)18(14-15-8-3-1-4-9-15)28-21(31)17(12-7-13-26-22(24)25)27-20(30)16-10-5-2-6-11-16/h1-6,8-11,17-18H,7,12-14H2,(H2,23,29)(H,27,30)(H,28,31)(H4,24,25,26)/t17-,18-/m1/s1. The van der Waals surface area contributed by atoms with Crippen molar-refractivity contribution in [2.75, 3.05) is 6.54 Å². The summed E-state index contributed by atoms with van der Waals surface area (Å²) in [6, 6.07) is 15.9. The number of nitrogens with one attached hydrogen (secondary N) is 2. The number of hydrogen-bond acceptors (Lipinski definition) is 4. The van der Waals surface area contributed by atoms with E-state index in [-0.39, 0.29) is 18.8 Å². The number of amides is 3. The van der Waals surface area contributed by atoms with Gasteiger partial charge >= 0.3 is 0 Å². The molecule has 164 valence electrons. The summed E-state index contributed by atoms with van der Waals surface area (Å²) >= 11 is 0. The summed E-state index contributed by atoms with van der Waals surface area (Å²) in [4.78, 5) is 41.3. The first-order valence-corrected chi connectivity index (χ1v) is 9.91. The summed E-state index contributed by atoms with van der Waals surface area (Å²) in [7, 11) is 0. The first kappa shape index (κ1) is 23.4. The molecular formula is C22H28N6O3. The summed E-state index contributed by atoms with van der Waals surface area (Å²) in [5.41, 5.74) is 17.4. The molecule has 9 nitrogen and oxygen atoms in total. The molecule has 0 aliphatic rings. The van der Waals surface area contributed by atoms with Gasteiger partial charge < -0.3 is 27.8 Å². The Morgan fingerprint density at radius 3 is 2.03 bits per heavy atom. The second-order valence-corrected chi connectivity index (χ2v) is 6.99. The molecule has 0 bridgehead atoms. The van der Waals surface area contributed by atoms with Gasteiger partial charge in [-0.2, -0.15) is 0 Å². The summed E-state index contributed by atoms with van der Waals surface area (Å²) in [5.74, 6) is -1.62. The second-order valence-electron chi connectivity index (χ2n) is 6.99. The van der Waals surface area contributed by atoms with E-state index in [1.807, 2.05) is 30.3 Å². The predicted octanol–water partition coefficient (Wildman–Crippen LogP) is 0.0514. The number of benzene rings is 2. The van der Waals surface area contributed by atoms with Crippen molar-refractivity contribution in [1.29, 1.82) is 0 Å². The third-order valence-corrected chi connectivity index (χ3v) is 4.55. The number of carbonyl (C=O) groups excluding carboxylic acids is 3. The van der Waals surface area contributed by atoms with E-state index in [1.165, 1.54) is 0 Å². The smallest absolute Gasteiger partial charge is 0.251 e. The maximum Gasteiger partial charge on any atom is 0.251 e. The lowest BCUT2D eigenvalue weighted by Crippen LogP contribution is -2.53. The minimum Gasteiger partial charge on any atom is -0.370 e. The molecule has 0 unspecified atom stereocenters. The Balaban J connectivity index is 2.09. The highest BCUT2D eigenvalue weighted by atomic mass is 16.2. The molecule has 9 heteroatoms. The van der Waals surface area contributed by atoms with Crippen LogP contribution in [-0.2, 0) is 16.0 Å². The fourth-order valence-corrected chi connectivity index (χ4v) is 2.95. The van der Waals surface area contributed by atoms with E-state index in [4.69, 9.17) is 17.2 Å². The Kier molecular flexibility index (Phi) is 9.03. The fraction of sp³-hybridized carbons (Fsp3) is 0.273. The lowest BCUT2D eigenvalue weighted by Gasteiger charge is -2.22. The van der Waals surface area contributed by atoms with Gasteiger partial charge in [-0.05, 0) is 30.5 Å². The fourth-order valence-electron chi connectivity index (χ4n) is 2.95. The van der Waals surface area contributed by atoms with Crippen LogP contribution >= 0.6 is 0 Å². The van der Waals surface area contributed by atoms with Crippen molar-refractivity contribution in [3.05, 3.63) is 71.8 Å². The molecule has 2 aromatic rings. The number of carbonyl (C=O) groups is 3. The minimum atomic E-state index is -0.913. The largest absolute Gasteiger partial charge is 0.370 e. The minimum absolute atomic E-state index is 0.0500. The van der Waals surface area contributed by atoms with Crippen LogP contribution in [0.2, 0.25) is 0 Å². The van der Waals surface area contributed by atoms with Crippen molar-refractivity contribution in [3.8, 4) is 0 Å². The number of hydrogen-bond donors (Lipinski definition) is 5. The van der Waals surface area contributed by atoms with E-state index >= 15 is 0 Å². The Morgan fingerprint density at radius 2 is 1.45 bits per heavy atom. The van der Waals surface area contributed by atoms with Crippen molar-refractivity contribution >= 4 is 23.7 Å². The van der Waals surface area contributed by atoms with Gasteiger partial charge in [-0.25, -0.2) is 0 Å². The lowest BCUT2D eigenvalue weighted by atomic mass is 10.0. The molecule has 2 rings (SSSR count). The van der Waals surface area contributed by atoms with Crippen molar-refractivity contribution in [2.24, 2.45) is 22.2 Å². The SMILES string of the molecule is NC(=O)[C@@H](Cc1ccccc1)NC(=O)[C@@H](CCCN=C(N)N)NC(=O)c1ccccc1. The maximum atomic E-state index is 12.9. The van der Waals surface area contributed by atoms with Gasteiger partial charge in [-0.3, -0.25) is 19.4 Å². The van der Waals surface area contributed by atoms with Crippen LogP contribution in [0, 0.1) is 0 Å². The van der Waals surface area contributed by atoms with Gasteiger partial charge in [0.25, 0.3) is 5.91 Å². The van der Waals surface area contributed by atoms with Crippen LogP contribution in [-0.4, -0.2) is 42.3 Å². The summed E-state index contributed by atoms with van der Waals surface area (Å²) in [5, 5.41) is 5.37. The molecule has 0 fully saturated rings. The topological polar surface area (TPSA) is 166 Å². The Morgan fingerprint density at radius 1 is 0.839 bits per heavy atom. The molecule has 31 heavy (non-hydrogen) atoms. The average molecular weight is 425 g/mol. The van der Waals surface area contributed by atoms with E-state index in [0.717, 1.165) is 5.56 Å². The molecule has 0 saturated carbocycles. The first-order valence-electron chi connectivity index (χ1n) is 9.91. The average Bonchev–Trinajstić information content (AvgIpc) is 2.76. The van der Waals surface area contributed by atoms with Gasteiger partial charge in [-0.15, -0.1) is 0 Å². The van der Waals surface area contributed by atoms with Gasteiger partial charge in [-0.1, -0.05) is 48.5 Å². The number of primary amides is 1. The van der Waals surface area contributed by atoms with Crippen LogP contribution in [0.5, 0.6) is 0 Å². The van der Waals surface area contributed by atoms with Crippen molar-refractivity contribution in [2.45, 2.75) is 31.3 Å². The molecular weight excluding hydrogens is 396 g/mol. The molecule has 0 radical (unpaired) electrons. The van der Waals surface area contributed by atoms with Gasteiger partial charge in [0, 0.05) is 18.5 Å².